The van der Waals surface area contributed by atoms with Crippen molar-refractivity contribution >= 4 is 17.1 Å². The zero-order chi connectivity index (χ0) is 17.9. The number of carbonyl (C=O) groups excluding carboxylic acids is 2. The maximum atomic E-state index is 12.7. The molecule has 1 saturated heterocycles. The van der Waals surface area contributed by atoms with Crippen molar-refractivity contribution < 1.29 is 14.3 Å². The number of rotatable bonds is 3. The van der Waals surface area contributed by atoms with E-state index in [-0.39, 0.29) is 17.0 Å². The van der Waals surface area contributed by atoms with Crippen LogP contribution in [0.1, 0.15) is 32.3 Å². The van der Waals surface area contributed by atoms with Crippen LogP contribution in [0.4, 0.5) is 0 Å². The van der Waals surface area contributed by atoms with E-state index in [1.54, 1.807) is 0 Å². The average Bonchev–Trinajstić information content (AvgIpc) is 2.58. The van der Waals surface area contributed by atoms with Crippen LogP contribution in [0.15, 0.2) is 48.2 Å². The number of morpholine rings is 1. The lowest BCUT2D eigenvalue weighted by Gasteiger charge is -2.30. The van der Waals surface area contributed by atoms with Crippen molar-refractivity contribution in [2.24, 2.45) is 5.41 Å². The van der Waals surface area contributed by atoms with E-state index in [1.807, 2.05) is 56.5 Å². The summed E-state index contributed by atoms with van der Waals surface area (Å²) < 4.78 is 5.37. The van der Waals surface area contributed by atoms with E-state index in [2.05, 4.69) is 4.90 Å². The van der Waals surface area contributed by atoms with Gasteiger partial charge in [0.2, 0.25) is 0 Å². The first kappa shape index (κ1) is 17.6. The van der Waals surface area contributed by atoms with Gasteiger partial charge in [-0.25, -0.2) is 0 Å². The third kappa shape index (κ3) is 4.26. The maximum absolute atomic E-state index is 12.7. The number of allylic oxidation sites excluding steroid dienone is 3. The summed E-state index contributed by atoms with van der Waals surface area (Å²) in [7, 11) is 0. The summed E-state index contributed by atoms with van der Waals surface area (Å²) in [6.07, 6.45) is 4.73. The van der Waals surface area contributed by atoms with Crippen molar-refractivity contribution in [3.05, 3.63) is 53.7 Å². The molecule has 1 saturated carbocycles. The minimum Gasteiger partial charge on any atom is -0.378 e. The molecule has 132 valence electrons. The summed E-state index contributed by atoms with van der Waals surface area (Å²) in [6.45, 7) is 7.00. The Balaban J connectivity index is 2.00. The summed E-state index contributed by atoms with van der Waals surface area (Å²) in [6, 6.07) is 9.70. The Labute approximate surface area is 149 Å². The van der Waals surface area contributed by atoms with Crippen LogP contribution in [0, 0.1) is 5.41 Å². The van der Waals surface area contributed by atoms with Crippen LogP contribution >= 0.6 is 0 Å². The van der Waals surface area contributed by atoms with Crippen LogP contribution in [0.25, 0.3) is 5.57 Å². The number of benzene rings is 1. The van der Waals surface area contributed by atoms with Gasteiger partial charge in [-0.05, 0) is 28.8 Å². The fourth-order valence-electron chi connectivity index (χ4n) is 3.41. The molecule has 0 aromatic heterocycles. The molecule has 0 unspecified atom stereocenters. The number of ketones is 2. The SMILES string of the molecule is CC1(C)CC(=O)C(=C(/C=C/N2CCOCC2)c2ccccc2)C(=O)C1. The molecular weight excluding hydrogens is 314 g/mol. The lowest BCUT2D eigenvalue weighted by molar-refractivity contribution is -0.127. The lowest BCUT2D eigenvalue weighted by atomic mass is 9.72. The van der Waals surface area contributed by atoms with Gasteiger partial charge in [0, 0.05) is 25.9 Å². The summed E-state index contributed by atoms with van der Waals surface area (Å²) in [5.74, 6) is -0.0986. The number of Topliss-reactive ketones (excluding diaryl/α,β-unsaturated/α-hetero) is 2. The number of hydrogen-bond donors (Lipinski definition) is 0. The quantitative estimate of drug-likeness (QED) is 0.626. The summed E-state index contributed by atoms with van der Waals surface area (Å²) in [5.41, 5.74) is 1.74. The van der Waals surface area contributed by atoms with Crippen molar-refractivity contribution in [3.8, 4) is 0 Å². The highest BCUT2D eigenvalue weighted by Gasteiger charge is 2.37. The van der Waals surface area contributed by atoms with E-state index in [0.29, 0.717) is 31.6 Å². The van der Waals surface area contributed by atoms with E-state index in [1.165, 1.54) is 0 Å². The van der Waals surface area contributed by atoms with Gasteiger partial charge < -0.3 is 9.64 Å². The zero-order valence-corrected chi connectivity index (χ0v) is 15.0. The number of ether oxygens (including phenoxy) is 1. The predicted molar refractivity (Wildman–Crippen MR) is 97.9 cm³/mol. The largest absolute Gasteiger partial charge is 0.378 e. The van der Waals surface area contributed by atoms with Crippen LogP contribution < -0.4 is 0 Å². The number of hydrogen-bond acceptors (Lipinski definition) is 4. The van der Waals surface area contributed by atoms with Crippen LogP contribution in [-0.4, -0.2) is 42.8 Å². The minimum atomic E-state index is -0.257. The monoisotopic (exact) mass is 339 g/mol. The molecule has 0 amide bonds. The first-order valence-electron chi connectivity index (χ1n) is 8.82. The van der Waals surface area contributed by atoms with E-state index < -0.39 is 0 Å². The fraction of sp³-hybridized carbons (Fsp3) is 0.429. The predicted octanol–water partition coefficient (Wildman–Crippen LogP) is 3.24. The normalized spacial score (nSPS) is 21.0. The Morgan fingerprint density at radius 2 is 1.64 bits per heavy atom. The van der Waals surface area contributed by atoms with Gasteiger partial charge >= 0.3 is 0 Å². The van der Waals surface area contributed by atoms with Crippen molar-refractivity contribution in [2.75, 3.05) is 26.3 Å². The van der Waals surface area contributed by atoms with Crippen molar-refractivity contribution in [3.63, 3.8) is 0 Å². The van der Waals surface area contributed by atoms with Crippen molar-refractivity contribution in [1.29, 1.82) is 0 Å². The van der Waals surface area contributed by atoms with Gasteiger partial charge in [-0.1, -0.05) is 44.2 Å². The van der Waals surface area contributed by atoms with Crippen LogP contribution in [0.3, 0.4) is 0 Å². The minimum absolute atomic E-state index is 0.0493. The van der Waals surface area contributed by atoms with Crippen LogP contribution in [0.2, 0.25) is 0 Å². The summed E-state index contributed by atoms with van der Waals surface area (Å²) in [5, 5.41) is 0. The third-order valence-corrected chi connectivity index (χ3v) is 4.69. The van der Waals surface area contributed by atoms with E-state index >= 15 is 0 Å². The van der Waals surface area contributed by atoms with Crippen LogP contribution in [0.5, 0.6) is 0 Å². The summed E-state index contributed by atoms with van der Waals surface area (Å²) >= 11 is 0. The molecule has 25 heavy (non-hydrogen) atoms. The second kappa shape index (κ2) is 7.36. The highest BCUT2D eigenvalue weighted by Crippen LogP contribution is 2.36. The van der Waals surface area contributed by atoms with E-state index in [4.69, 9.17) is 4.74 Å². The molecule has 4 heteroatoms. The Bertz CT molecular complexity index is 688. The maximum Gasteiger partial charge on any atom is 0.167 e. The van der Waals surface area contributed by atoms with Gasteiger partial charge in [0.1, 0.15) is 0 Å². The number of nitrogens with zero attached hydrogens (tertiary/aromatic N) is 1. The molecule has 1 aromatic carbocycles. The molecule has 0 atom stereocenters. The Hall–Kier alpha value is -2.20. The lowest BCUT2D eigenvalue weighted by Crippen LogP contribution is -2.33. The fourth-order valence-corrected chi connectivity index (χ4v) is 3.41. The molecule has 0 bridgehead atoms. The Morgan fingerprint density at radius 3 is 2.24 bits per heavy atom. The molecule has 0 N–H and O–H groups in total. The molecule has 1 aliphatic carbocycles. The standard InChI is InChI=1S/C21H25NO3/c1-21(2)14-18(23)20(19(24)15-21)17(16-6-4-3-5-7-16)8-9-22-10-12-25-13-11-22/h3-9H,10-15H2,1-2H3/b9-8+. The number of carbonyl (C=O) groups is 2. The highest BCUT2D eigenvalue weighted by atomic mass is 16.5. The molecule has 1 aliphatic heterocycles. The third-order valence-electron chi connectivity index (χ3n) is 4.69. The second-order valence-corrected chi connectivity index (χ2v) is 7.48. The molecule has 2 aliphatic rings. The molecule has 0 radical (unpaired) electrons. The first-order chi connectivity index (χ1) is 12.0. The smallest absolute Gasteiger partial charge is 0.167 e. The summed E-state index contributed by atoms with van der Waals surface area (Å²) in [4.78, 5) is 27.6. The van der Waals surface area contributed by atoms with Gasteiger partial charge in [-0.15, -0.1) is 0 Å². The molecule has 1 aromatic rings. The topological polar surface area (TPSA) is 46.6 Å². The van der Waals surface area contributed by atoms with Crippen molar-refractivity contribution in [1.82, 2.24) is 4.90 Å². The second-order valence-electron chi connectivity index (χ2n) is 7.48. The van der Waals surface area contributed by atoms with Crippen molar-refractivity contribution in [2.45, 2.75) is 26.7 Å². The Kier molecular flexibility index (Phi) is 5.19. The Morgan fingerprint density at radius 1 is 1.04 bits per heavy atom. The van der Waals surface area contributed by atoms with E-state index in [9.17, 15) is 9.59 Å². The van der Waals surface area contributed by atoms with Gasteiger partial charge in [-0.2, -0.15) is 0 Å². The molecule has 1 heterocycles. The van der Waals surface area contributed by atoms with Crippen LogP contribution in [-0.2, 0) is 14.3 Å². The van der Waals surface area contributed by atoms with Gasteiger partial charge in [-0.3, -0.25) is 9.59 Å². The first-order valence-corrected chi connectivity index (χ1v) is 8.82. The zero-order valence-electron chi connectivity index (χ0n) is 15.0. The van der Waals surface area contributed by atoms with Gasteiger partial charge in [0.25, 0.3) is 0 Å². The molecule has 0 spiro atoms. The van der Waals surface area contributed by atoms with E-state index in [0.717, 1.165) is 24.2 Å². The average molecular weight is 339 g/mol. The molecular formula is C21H25NO3. The van der Waals surface area contributed by atoms with Gasteiger partial charge in [0.05, 0.1) is 18.8 Å². The highest BCUT2D eigenvalue weighted by molar-refractivity contribution is 6.27. The van der Waals surface area contributed by atoms with Gasteiger partial charge in [0.15, 0.2) is 11.6 Å². The molecule has 2 fully saturated rings. The molecule has 4 nitrogen and oxygen atoms in total. The molecule has 3 rings (SSSR count).